The van der Waals surface area contributed by atoms with Gasteiger partial charge in [0.25, 0.3) is 5.91 Å². The summed E-state index contributed by atoms with van der Waals surface area (Å²) in [6.07, 6.45) is -1.08. The molecule has 3 N–H and O–H groups in total. The molecule has 1 rings (SSSR count). The van der Waals surface area contributed by atoms with Crippen LogP contribution in [0.1, 0.15) is 29.8 Å². The highest BCUT2D eigenvalue weighted by Gasteiger charge is 2.16. The predicted octanol–water partition coefficient (Wildman–Crippen LogP) is 2.02. The predicted molar refractivity (Wildman–Crippen MR) is 73.3 cm³/mol. The van der Waals surface area contributed by atoms with Crippen LogP contribution >= 0.6 is 0 Å². The number of rotatable bonds is 5. The fourth-order valence-electron chi connectivity index (χ4n) is 1.62. The summed E-state index contributed by atoms with van der Waals surface area (Å²) in [5.74, 6) is -0.0905. The lowest BCUT2D eigenvalue weighted by atomic mass is 10.0. The van der Waals surface area contributed by atoms with E-state index in [2.05, 4.69) is 10.6 Å². The molecule has 1 aromatic rings. The fourth-order valence-corrected chi connectivity index (χ4v) is 1.62. The van der Waals surface area contributed by atoms with Crippen molar-refractivity contribution in [3.63, 3.8) is 0 Å². The van der Waals surface area contributed by atoms with E-state index in [1.165, 1.54) is 0 Å². The van der Waals surface area contributed by atoms with Gasteiger partial charge in [-0.3, -0.25) is 4.79 Å². The molecule has 0 radical (unpaired) electrons. The van der Waals surface area contributed by atoms with Gasteiger partial charge in [0, 0.05) is 12.1 Å². The second kappa shape index (κ2) is 6.78. The number of benzene rings is 1. The fraction of sp³-hybridized carbons (Fsp3) is 0.429. The van der Waals surface area contributed by atoms with Crippen LogP contribution in [0, 0.1) is 12.8 Å². The van der Waals surface area contributed by atoms with Crippen molar-refractivity contribution in [2.75, 3.05) is 6.54 Å². The lowest BCUT2D eigenvalue weighted by Gasteiger charge is -2.21. The molecule has 1 aromatic carbocycles. The molecule has 0 heterocycles. The maximum absolute atomic E-state index is 11.9. The third kappa shape index (κ3) is 4.99. The number of carbonyl (C=O) groups is 2. The van der Waals surface area contributed by atoms with Crippen molar-refractivity contribution in [3.8, 4) is 0 Å². The molecule has 5 nitrogen and oxygen atoms in total. The van der Waals surface area contributed by atoms with E-state index < -0.39 is 6.09 Å². The Labute approximate surface area is 113 Å². The average Bonchev–Trinajstić information content (AvgIpc) is 2.34. The molecular weight excluding hydrogens is 244 g/mol. The molecule has 0 spiro atoms. The highest BCUT2D eigenvalue weighted by atomic mass is 16.4. The molecule has 0 aliphatic carbocycles. The Morgan fingerprint density at radius 2 is 1.79 bits per heavy atom. The quantitative estimate of drug-likeness (QED) is 0.761. The van der Waals surface area contributed by atoms with Crippen molar-refractivity contribution in [1.29, 1.82) is 0 Å². The summed E-state index contributed by atoms with van der Waals surface area (Å²) in [6.45, 7) is 6.03. The Morgan fingerprint density at radius 1 is 1.21 bits per heavy atom. The molecule has 0 saturated heterocycles. The highest BCUT2D eigenvalue weighted by molar-refractivity contribution is 5.94. The molecule has 19 heavy (non-hydrogen) atoms. The van der Waals surface area contributed by atoms with Gasteiger partial charge in [-0.25, -0.2) is 4.79 Å². The van der Waals surface area contributed by atoms with Crippen molar-refractivity contribution in [2.45, 2.75) is 26.8 Å². The van der Waals surface area contributed by atoms with E-state index in [9.17, 15) is 9.59 Å². The molecular formula is C14H20N2O3. The molecule has 0 aromatic heterocycles. The highest BCUT2D eigenvalue weighted by Crippen LogP contribution is 2.04. The molecule has 2 amide bonds. The second-order valence-corrected chi connectivity index (χ2v) is 4.88. The smallest absolute Gasteiger partial charge is 0.404 e. The maximum Gasteiger partial charge on any atom is 0.404 e. The lowest BCUT2D eigenvalue weighted by molar-refractivity contribution is 0.0945. The van der Waals surface area contributed by atoms with Gasteiger partial charge in [0.2, 0.25) is 0 Å². The normalized spacial score (nSPS) is 12.0. The third-order valence-electron chi connectivity index (χ3n) is 2.91. The SMILES string of the molecule is Cc1ccc(C(=O)NC[C@@H](NC(=O)O)C(C)C)cc1. The van der Waals surface area contributed by atoms with E-state index in [0.717, 1.165) is 5.56 Å². The van der Waals surface area contributed by atoms with Gasteiger partial charge in [-0.2, -0.15) is 0 Å². The Hall–Kier alpha value is -2.04. The molecule has 104 valence electrons. The van der Waals surface area contributed by atoms with Crippen molar-refractivity contribution >= 4 is 12.0 Å². The summed E-state index contributed by atoms with van der Waals surface area (Å²) in [5.41, 5.74) is 1.66. The standard InChI is InChI=1S/C14H20N2O3/c1-9(2)12(16-14(18)19)8-15-13(17)11-6-4-10(3)5-7-11/h4-7,9,12,16H,8H2,1-3H3,(H,15,17)(H,18,19)/t12-/m1/s1. The largest absolute Gasteiger partial charge is 0.465 e. The van der Waals surface area contributed by atoms with Gasteiger partial charge in [-0.05, 0) is 25.0 Å². The molecule has 0 aliphatic rings. The van der Waals surface area contributed by atoms with Gasteiger partial charge in [0.15, 0.2) is 0 Å². The van der Waals surface area contributed by atoms with E-state index >= 15 is 0 Å². The monoisotopic (exact) mass is 264 g/mol. The minimum atomic E-state index is -1.08. The summed E-state index contributed by atoms with van der Waals surface area (Å²) in [4.78, 5) is 22.5. The van der Waals surface area contributed by atoms with Crippen LogP contribution in [0.15, 0.2) is 24.3 Å². The minimum absolute atomic E-state index is 0.106. The molecule has 0 fully saturated rings. The van der Waals surface area contributed by atoms with Crippen LogP contribution in [-0.2, 0) is 0 Å². The van der Waals surface area contributed by atoms with Gasteiger partial charge in [0.1, 0.15) is 0 Å². The number of hydrogen-bond acceptors (Lipinski definition) is 2. The van der Waals surface area contributed by atoms with Crippen LogP contribution < -0.4 is 10.6 Å². The zero-order chi connectivity index (χ0) is 14.4. The first kappa shape index (κ1) is 15.0. The maximum atomic E-state index is 11.9. The Bertz CT molecular complexity index is 441. The zero-order valence-electron chi connectivity index (χ0n) is 11.4. The average molecular weight is 264 g/mol. The van der Waals surface area contributed by atoms with Gasteiger partial charge in [-0.15, -0.1) is 0 Å². The van der Waals surface area contributed by atoms with Gasteiger partial charge >= 0.3 is 6.09 Å². The number of carboxylic acid groups (broad SMARTS) is 1. The Balaban J connectivity index is 2.56. The van der Waals surface area contributed by atoms with E-state index in [-0.39, 0.29) is 24.4 Å². The molecule has 5 heteroatoms. The first-order valence-corrected chi connectivity index (χ1v) is 6.24. The minimum Gasteiger partial charge on any atom is -0.465 e. The third-order valence-corrected chi connectivity index (χ3v) is 2.91. The van der Waals surface area contributed by atoms with E-state index in [1.807, 2.05) is 32.9 Å². The van der Waals surface area contributed by atoms with Gasteiger partial charge in [-0.1, -0.05) is 31.5 Å². The number of aryl methyl sites for hydroxylation is 1. The Kier molecular flexibility index (Phi) is 5.36. The van der Waals surface area contributed by atoms with Crippen LogP contribution in [-0.4, -0.2) is 29.7 Å². The lowest BCUT2D eigenvalue weighted by Crippen LogP contribution is -2.46. The van der Waals surface area contributed by atoms with Crippen molar-refractivity contribution in [3.05, 3.63) is 35.4 Å². The number of nitrogens with one attached hydrogen (secondary N) is 2. The number of amides is 2. The summed E-state index contributed by atoms with van der Waals surface area (Å²) in [7, 11) is 0. The van der Waals surface area contributed by atoms with Gasteiger partial charge in [0.05, 0.1) is 6.04 Å². The summed E-state index contributed by atoms with van der Waals surface area (Å²) >= 11 is 0. The molecule has 1 atom stereocenters. The zero-order valence-corrected chi connectivity index (χ0v) is 11.4. The van der Waals surface area contributed by atoms with Crippen LogP contribution in [0.2, 0.25) is 0 Å². The van der Waals surface area contributed by atoms with E-state index in [4.69, 9.17) is 5.11 Å². The summed E-state index contributed by atoms with van der Waals surface area (Å²) < 4.78 is 0. The number of hydrogen-bond donors (Lipinski definition) is 3. The van der Waals surface area contributed by atoms with Gasteiger partial charge < -0.3 is 15.7 Å². The van der Waals surface area contributed by atoms with Crippen molar-refractivity contribution < 1.29 is 14.7 Å². The number of carbonyl (C=O) groups excluding carboxylic acids is 1. The molecule has 0 unspecified atom stereocenters. The molecule has 0 aliphatic heterocycles. The van der Waals surface area contributed by atoms with Crippen molar-refractivity contribution in [1.82, 2.24) is 10.6 Å². The second-order valence-electron chi connectivity index (χ2n) is 4.88. The van der Waals surface area contributed by atoms with Crippen LogP contribution in [0.5, 0.6) is 0 Å². The Morgan fingerprint density at radius 3 is 2.26 bits per heavy atom. The molecule has 0 saturated carbocycles. The topological polar surface area (TPSA) is 78.4 Å². The van der Waals surface area contributed by atoms with E-state index in [1.54, 1.807) is 12.1 Å². The molecule has 0 bridgehead atoms. The van der Waals surface area contributed by atoms with Crippen molar-refractivity contribution in [2.24, 2.45) is 5.92 Å². The first-order chi connectivity index (χ1) is 8.90. The first-order valence-electron chi connectivity index (χ1n) is 6.24. The van der Waals surface area contributed by atoms with Crippen LogP contribution in [0.4, 0.5) is 4.79 Å². The van der Waals surface area contributed by atoms with Crippen LogP contribution in [0.3, 0.4) is 0 Å². The summed E-state index contributed by atoms with van der Waals surface area (Å²) in [6, 6.07) is 6.93. The summed E-state index contributed by atoms with van der Waals surface area (Å²) in [5, 5.41) is 13.9. The van der Waals surface area contributed by atoms with E-state index in [0.29, 0.717) is 5.56 Å². The van der Waals surface area contributed by atoms with Crippen LogP contribution in [0.25, 0.3) is 0 Å².